The Labute approximate surface area is 206 Å². The highest BCUT2D eigenvalue weighted by Crippen LogP contribution is 2.44. The van der Waals surface area contributed by atoms with E-state index in [1.54, 1.807) is 19.9 Å². The van der Waals surface area contributed by atoms with Crippen LogP contribution < -0.4 is 5.32 Å². The van der Waals surface area contributed by atoms with Crippen LogP contribution in [0.4, 0.5) is 5.69 Å². The second-order valence-corrected chi connectivity index (χ2v) is 8.91. The summed E-state index contributed by atoms with van der Waals surface area (Å²) in [6.45, 7) is 3.95. The lowest BCUT2D eigenvalue weighted by Gasteiger charge is -2.34. The number of benzene rings is 1. The Morgan fingerprint density at radius 3 is 2.53 bits per heavy atom. The molecule has 2 saturated heterocycles. The van der Waals surface area contributed by atoms with E-state index >= 15 is 0 Å². The number of nitrogens with zero attached hydrogens (tertiary/aromatic N) is 1. The third kappa shape index (κ3) is 4.16. The quantitative estimate of drug-likeness (QED) is 0.324. The van der Waals surface area contributed by atoms with Gasteiger partial charge in [0.25, 0.3) is 5.69 Å². The minimum atomic E-state index is -2.16. The Bertz CT molecular complexity index is 1210. The molecule has 2 fully saturated rings. The Morgan fingerprint density at radius 2 is 1.89 bits per heavy atom. The number of allylic oxidation sites excluding steroid dienone is 2. The Morgan fingerprint density at radius 1 is 1.19 bits per heavy atom. The number of nitrogens with one attached hydrogen (secondary N) is 1. The van der Waals surface area contributed by atoms with Gasteiger partial charge in [-0.2, -0.15) is 0 Å². The van der Waals surface area contributed by atoms with Gasteiger partial charge in [-0.3, -0.25) is 19.7 Å². The number of nitro benzene ring substituents is 1. The molecular weight excluding hydrogens is 476 g/mol. The summed E-state index contributed by atoms with van der Waals surface area (Å²) in [4.78, 5) is 49.2. The van der Waals surface area contributed by atoms with Crippen molar-refractivity contribution in [2.45, 2.75) is 50.6 Å². The molecule has 3 aliphatic rings. The maximum absolute atomic E-state index is 14.0. The molecular formula is C24H26N2O10. The van der Waals surface area contributed by atoms with Gasteiger partial charge in [0.15, 0.2) is 17.5 Å². The van der Waals surface area contributed by atoms with E-state index in [-0.39, 0.29) is 29.0 Å². The number of dihydropyridines is 1. The van der Waals surface area contributed by atoms with Crippen LogP contribution in [0, 0.1) is 10.1 Å². The van der Waals surface area contributed by atoms with E-state index in [4.69, 9.17) is 18.9 Å². The number of carbonyl (C=O) groups excluding carboxylic acids is 3. The molecule has 12 heteroatoms. The molecule has 4 rings (SSSR count). The van der Waals surface area contributed by atoms with Crippen molar-refractivity contribution in [3.63, 3.8) is 0 Å². The van der Waals surface area contributed by atoms with Crippen molar-refractivity contribution in [3.05, 3.63) is 62.5 Å². The summed E-state index contributed by atoms with van der Waals surface area (Å²) in [6.07, 6.45) is -2.79. The Balaban J connectivity index is 1.80. The topological polar surface area (TPSA) is 164 Å². The first kappa shape index (κ1) is 25.5. The fourth-order valence-electron chi connectivity index (χ4n) is 5.06. The van der Waals surface area contributed by atoms with Gasteiger partial charge in [0.1, 0.15) is 12.2 Å². The monoisotopic (exact) mass is 502 g/mol. The summed E-state index contributed by atoms with van der Waals surface area (Å²) in [5, 5.41) is 26.0. The molecule has 192 valence electrons. The summed E-state index contributed by atoms with van der Waals surface area (Å²) < 4.78 is 21.5. The molecule has 0 aromatic heterocycles. The third-order valence-corrected chi connectivity index (χ3v) is 6.61. The molecule has 12 nitrogen and oxygen atoms in total. The van der Waals surface area contributed by atoms with Crippen LogP contribution in [-0.4, -0.2) is 72.0 Å². The summed E-state index contributed by atoms with van der Waals surface area (Å²) in [5.74, 6) is -3.17. The van der Waals surface area contributed by atoms with E-state index in [2.05, 4.69) is 5.32 Å². The highest BCUT2D eigenvalue weighted by molar-refractivity contribution is 6.08. The first-order valence-electron chi connectivity index (χ1n) is 11.2. The number of ether oxygens (including phenoxy) is 4. The average Bonchev–Trinajstić information content (AvgIpc) is 3.39. The maximum atomic E-state index is 14.0. The Hall–Kier alpha value is -3.61. The van der Waals surface area contributed by atoms with Gasteiger partial charge in [-0.25, -0.2) is 4.79 Å². The smallest absolute Gasteiger partial charge is 0.336 e. The van der Waals surface area contributed by atoms with Crippen molar-refractivity contribution in [2.24, 2.45) is 0 Å². The molecule has 5 atom stereocenters. The number of non-ortho nitro benzene ring substituents is 1. The predicted octanol–water partition coefficient (Wildman–Crippen LogP) is 1.03. The lowest BCUT2D eigenvalue weighted by molar-refractivity contribution is -0.384. The molecule has 0 radical (unpaired) electrons. The van der Waals surface area contributed by atoms with Crippen LogP contribution in [0.25, 0.3) is 0 Å². The average molecular weight is 502 g/mol. The number of rotatable bonds is 6. The zero-order valence-electron chi connectivity index (χ0n) is 20.1. The van der Waals surface area contributed by atoms with E-state index in [9.17, 15) is 29.6 Å². The molecule has 1 aromatic carbocycles. The highest BCUT2D eigenvalue weighted by Gasteiger charge is 2.62. The van der Waals surface area contributed by atoms with E-state index in [0.29, 0.717) is 11.4 Å². The Kier molecular flexibility index (Phi) is 6.69. The minimum Gasteiger partial charge on any atom is -0.466 e. The van der Waals surface area contributed by atoms with Gasteiger partial charge in [-0.1, -0.05) is 12.1 Å². The van der Waals surface area contributed by atoms with Crippen LogP contribution in [0.1, 0.15) is 32.3 Å². The number of aliphatic hydroxyl groups is 1. The lowest BCUT2D eigenvalue weighted by atomic mass is 9.74. The largest absolute Gasteiger partial charge is 0.466 e. The van der Waals surface area contributed by atoms with Crippen molar-refractivity contribution in [1.29, 1.82) is 0 Å². The van der Waals surface area contributed by atoms with Gasteiger partial charge in [-0.05, 0) is 19.4 Å². The van der Waals surface area contributed by atoms with Crippen molar-refractivity contribution >= 4 is 23.4 Å². The number of esters is 2. The maximum Gasteiger partial charge on any atom is 0.336 e. The van der Waals surface area contributed by atoms with Crippen LogP contribution in [0.15, 0.2) is 46.8 Å². The highest BCUT2D eigenvalue weighted by atomic mass is 16.6. The number of nitro groups is 1. The van der Waals surface area contributed by atoms with E-state index in [0.717, 1.165) is 0 Å². The van der Waals surface area contributed by atoms with Gasteiger partial charge in [0.2, 0.25) is 0 Å². The number of fused-ring (bicyclic) bond motifs is 1. The predicted molar refractivity (Wildman–Crippen MR) is 121 cm³/mol. The molecule has 0 amide bonds. The number of hydrogen-bond acceptors (Lipinski definition) is 11. The second-order valence-electron chi connectivity index (χ2n) is 8.91. The van der Waals surface area contributed by atoms with Crippen LogP contribution in [0.3, 0.4) is 0 Å². The molecule has 1 aromatic rings. The summed E-state index contributed by atoms with van der Waals surface area (Å²) in [6, 6.07) is 5.57. The molecule has 36 heavy (non-hydrogen) atoms. The summed E-state index contributed by atoms with van der Waals surface area (Å²) >= 11 is 0. The lowest BCUT2D eigenvalue weighted by Crippen LogP contribution is -2.53. The molecule has 2 N–H and O–H groups in total. The zero-order valence-corrected chi connectivity index (χ0v) is 20.1. The number of Topliss-reactive ketones (excluding diaryl/α,β-unsaturated/α-hetero) is 1. The number of methoxy groups -OCH3 is 1. The molecule has 1 unspecified atom stereocenters. The van der Waals surface area contributed by atoms with Crippen molar-refractivity contribution in [2.75, 3.05) is 20.3 Å². The van der Waals surface area contributed by atoms with E-state index in [1.807, 2.05) is 0 Å². The fourth-order valence-corrected chi connectivity index (χ4v) is 5.06. The van der Waals surface area contributed by atoms with Crippen molar-refractivity contribution < 1.29 is 43.4 Å². The SMILES string of the molecule is COC(=O)C1=C(C)NC(C)=C(C(=O)[C@@]2(O)CO[C@@H]3[C@@H](OC(C)=O)CO[C@@H]32)C1c1cccc([N+](=O)[O-])c1. The second kappa shape index (κ2) is 9.45. The van der Waals surface area contributed by atoms with Crippen LogP contribution >= 0.6 is 0 Å². The first-order valence-corrected chi connectivity index (χ1v) is 11.2. The van der Waals surface area contributed by atoms with Crippen molar-refractivity contribution in [3.8, 4) is 0 Å². The van der Waals surface area contributed by atoms with Crippen molar-refractivity contribution in [1.82, 2.24) is 5.32 Å². The van der Waals surface area contributed by atoms with Gasteiger partial charge >= 0.3 is 11.9 Å². The summed E-state index contributed by atoms with van der Waals surface area (Å²) in [7, 11) is 1.18. The molecule has 0 saturated carbocycles. The van der Waals surface area contributed by atoms with Crippen LogP contribution in [0.2, 0.25) is 0 Å². The van der Waals surface area contributed by atoms with Gasteiger partial charge in [0, 0.05) is 41.9 Å². The van der Waals surface area contributed by atoms with Gasteiger partial charge in [-0.15, -0.1) is 0 Å². The summed E-state index contributed by atoms with van der Waals surface area (Å²) in [5.41, 5.74) is -1.30. The van der Waals surface area contributed by atoms with Gasteiger partial charge < -0.3 is 29.4 Å². The number of hydrogen-bond donors (Lipinski definition) is 2. The number of ketones is 1. The molecule has 0 aliphatic carbocycles. The zero-order chi connectivity index (χ0) is 26.4. The molecule has 0 spiro atoms. The van der Waals surface area contributed by atoms with Crippen LogP contribution in [0.5, 0.6) is 0 Å². The molecule has 0 bridgehead atoms. The van der Waals surface area contributed by atoms with E-state index in [1.165, 1.54) is 32.2 Å². The van der Waals surface area contributed by atoms with Crippen LogP contribution in [-0.2, 0) is 33.3 Å². The number of carbonyl (C=O) groups is 3. The van der Waals surface area contributed by atoms with E-state index < -0.39 is 59.1 Å². The minimum absolute atomic E-state index is 0.00721. The molecule has 3 aliphatic heterocycles. The molecule has 3 heterocycles. The first-order chi connectivity index (χ1) is 17.0. The third-order valence-electron chi connectivity index (χ3n) is 6.61. The normalized spacial score (nSPS) is 29.5. The van der Waals surface area contributed by atoms with Gasteiger partial charge in [0.05, 0.1) is 30.8 Å². The standard InChI is InChI=1S/C24H26N2O10/c1-11-17(21(28)24(30)10-35-20-16(36-13(3)27)9-34-22(20)24)19(18(12(2)25-11)23(29)33-4)14-6-5-7-15(8-14)26(31)32/h5-8,16,19-20,22,25,30H,9-10H2,1-4H3/t16-,19?,20+,22-,24-/m0/s1. The fraction of sp³-hybridized carbons (Fsp3) is 0.458.